The average molecular weight is 180 g/mol. The highest BCUT2D eigenvalue weighted by Crippen LogP contribution is 2.24. The number of halogens is 3. The monoisotopic (exact) mass is 180 g/mol. The molecule has 0 atom stereocenters. The molecule has 0 amide bonds. The van der Waals surface area contributed by atoms with Crippen molar-refractivity contribution in [3.63, 3.8) is 0 Å². The highest BCUT2D eigenvalue weighted by molar-refractivity contribution is 5.79. The van der Waals surface area contributed by atoms with E-state index in [2.05, 4.69) is 4.99 Å². The molecule has 70 valence electrons. The van der Waals surface area contributed by atoms with E-state index >= 15 is 0 Å². The molecular weight excluding hydrogens is 169 g/mol. The minimum atomic E-state index is -4.45. The summed E-state index contributed by atoms with van der Waals surface area (Å²) in [5.74, 6) is 0. The van der Waals surface area contributed by atoms with Crippen LogP contribution in [0.3, 0.4) is 0 Å². The molecule has 12 heavy (non-hydrogen) atoms. The van der Waals surface area contributed by atoms with Gasteiger partial charge in [0.2, 0.25) is 0 Å². The van der Waals surface area contributed by atoms with Gasteiger partial charge in [0.15, 0.2) is 0 Å². The first-order chi connectivity index (χ1) is 5.43. The van der Waals surface area contributed by atoms with Gasteiger partial charge in [-0.1, -0.05) is 6.92 Å². The number of nitrogens with zero attached hydrogens (tertiary/aromatic N) is 1. The lowest BCUT2D eigenvalue weighted by Gasteiger charge is -2.09. The van der Waals surface area contributed by atoms with Gasteiger partial charge < -0.3 is 5.73 Å². The van der Waals surface area contributed by atoms with Gasteiger partial charge in [0.05, 0.1) is 0 Å². The first-order valence-corrected chi connectivity index (χ1v) is 3.41. The topological polar surface area (TPSA) is 38.4 Å². The smallest absolute Gasteiger partial charge is 0.394 e. The van der Waals surface area contributed by atoms with Gasteiger partial charge in [-0.2, -0.15) is 13.2 Å². The van der Waals surface area contributed by atoms with Crippen LogP contribution >= 0.6 is 0 Å². The molecule has 0 bridgehead atoms. The van der Waals surface area contributed by atoms with Crippen LogP contribution in [0.4, 0.5) is 13.2 Å². The molecule has 0 aromatic carbocycles. The maximum Gasteiger partial charge on any atom is 0.431 e. The van der Waals surface area contributed by atoms with Crippen LogP contribution in [0, 0.1) is 0 Å². The predicted molar refractivity (Wildman–Crippen MR) is 42.0 cm³/mol. The molecule has 0 aliphatic carbocycles. The molecule has 0 radical (unpaired) electrons. The number of aliphatic imine (C=N–C) groups is 1. The summed E-state index contributed by atoms with van der Waals surface area (Å²) in [7, 11) is 1.40. The normalized spacial score (nSPS) is 15.1. The third-order valence-electron chi connectivity index (χ3n) is 1.32. The zero-order valence-corrected chi connectivity index (χ0v) is 6.94. The van der Waals surface area contributed by atoms with E-state index in [1.165, 1.54) is 7.05 Å². The molecule has 0 aliphatic heterocycles. The fourth-order valence-corrected chi connectivity index (χ4v) is 0.689. The molecule has 0 aliphatic rings. The predicted octanol–water partition coefficient (Wildman–Crippen LogP) is 1.87. The number of hydrogen-bond acceptors (Lipinski definition) is 2. The van der Waals surface area contributed by atoms with Crippen molar-refractivity contribution in [3.8, 4) is 0 Å². The van der Waals surface area contributed by atoms with Crippen molar-refractivity contribution in [2.75, 3.05) is 7.05 Å². The Morgan fingerprint density at radius 3 is 2.25 bits per heavy atom. The number of rotatable bonds is 2. The summed E-state index contributed by atoms with van der Waals surface area (Å²) in [6, 6.07) is 0. The van der Waals surface area contributed by atoms with Crippen molar-refractivity contribution < 1.29 is 13.2 Å². The van der Waals surface area contributed by atoms with E-state index in [4.69, 9.17) is 5.73 Å². The molecule has 0 fully saturated rings. The molecule has 0 aromatic heterocycles. The van der Waals surface area contributed by atoms with Crippen LogP contribution in [0.25, 0.3) is 0 Å². The van der Waals surface area contributed by atoms with E-state index in [1.807, 2.05) is 0 Å². The van der Waals surface area contributed by atoms with Crippen LogP contribution in [0.2, 0.25) is 0 Å². The minimum Gasteiger partial charge on any atom is -0.394 e. The summed E-state index contributed by atoms with van der Waals surface area (Å²) in [5.41, 5.74) is 3.81. The molecule has 0 rings (SSSR count). The SMILES string of the molecule is CC/C(C=NC)=C(/N)C(F)(F)F. The van der Waals surface area contributed by atoms with Crippen molar-refractivity contribution in [1.29, 1.82) is 0 Å². The van der Waals surface area contributed by atoms with E-state index in [0.29, 0.717) is 0 Å². The van der Waals surface area contributed by atoms with Crippen LogP contribution in [-0.4, -0.2) is 19.4 Å². The zero-order valence-electron chi connectivity index (χ0n) is 6.94. The van der Waals surface area contributed by atoms with Gasteiger partial charge in [-0.3, -0.25) is 4.99 Å². The first-order valence-electron chi connectivity index (χ1n) is 3.41. The van der Waals surface area contributed by atoms with Gasteiger partial charge >= 0.3 is 6.18 Å². The Morgan fingerprint density at radius 1 is 1.50 bits per heavy atom. The maximum atomic E-state index is 12.0. The van der Waals surface area contributed by atoms with Crippen molar-refractivity contribution >= 4 is 6.21 Å². The molecule has 0 heterocycles. The highest BCUT2D eigenvalue weighted by atomic mass is 19.4. The van der Waals surface area contributed by atoms with Crippen molar-refractivity contribution in [1.82, 2.24) is 0 Å². The minimum absolute atomic E-state index is 0.0185. The average Bonchev–Trinajstić information content (AvgIpc) is 1.97. The van der Waals surface area contributed by atoms with Gasteiger partial charge in [-0.05, 0) is 12.0 Å². The standard InChI is InChI=1S/C7H11F3N2/c1-3-5(4-12-2)6(11)7(8,9)10/h4H,3,11H2,1-2H3/b6-5-,12-4?. The number of hydrogen-bond donors (Lipinski definition) is 1. The lowest BCUT2D eigenvalue weighted by atomic mass is 10.1. The Labute approximate surface area is 69.0 Å². The maximum absolute atomic E-state index is 12.0. The lowest BCUT2D eigenvalue weighted by molar-refractivity contribution is -0.0932. The Morgan fingerprint density at radius 2 is 2.00 bits per heavy atom. The lowest BCUT2D eigenvalue weighted by Crippen LogP contribution is -2.22. The Kier molecular flexibility index (Phi) is 3.79. The molecule has 0 aromatic rings. The molecule has 0 unspecified atom stereocenters. The Hall–Kier alpha value is -1.00. The summed E-state index contributed by atoms with van der Waals surface area (Å²) < 4.78 is 35.9. The summed E-state index contributed by atoms with van der Waals surface area (Å²) >= 11 is 0. The fraction of sp³-hybridized carbons (Fsp3) is 0.571. The second-order valence-corrected chi connectivity index (χ2v) is 2.18. The van der Waals surface area contributed by atoms with Gasteiger partial charge in [0, 0.05) is 13.3 Å². The van der Waals surface area contributed by atoms with Gasteiger partial charge in [0.25, 0.3) is 0 Å². The fourth-order valence-electron chi connectivity index (χ4n) is 0.689. The zero-order chi connectivity index (χ0) is 9.78. The van der Waals surface area contributed by atoms with Crippen molar-refractivity contribution in [2.24, 2.45) is 10.7 Å². The van der Waals surface area contributed by atoms with Crippen LogP contribution in [0.1, 0.15) is 13.3 Å². The van der Waals surface area contributed by atoms with E-state index in [9.17, 15) is 13.2 Å². The molecule has 0 saturated heterocycles. The third kappa shape index (κ3) is 2.94. The van der Waals surface area contributed by atoms with E-state index < -0.39 is 11.9 Å². The number of allylic oxidation sites excluding steroid dienone is 2. The first kappa shape index (κ1) is 11.0. The van der Waals surface area contributed by atoms with Gasteiger partial charge in [-0.15, -0.1) is 0 Å². The van der Waals surface area contributed by atoms with Crippen LogP contribution < -0.4 is 5.73 Å². The van der Waals surface area contributed by atoms with E-state index in [0.717, 1.165) is 6.21 Å². The molecule has 5 heteroatoms. The summed E-state index contributed by atoms with van der Waals surface area (Å²) in [6.07, 6.45) is -3.10. The molecule has 0 spiro atoms. The van der Waals surface area contributed by atoms with Crippen LogP contribution in [-0.2, 0) is 0 Å². The second kappa shape index (κ2) is 4.13. The second-order valence-electron chi connectivity index (χ2n) is 2.18. The summed E-state index contributed by atoms with van der Waals surface area (Å²) in [4.78, 5) is 3.48. The quantitative estimate of drug-likeness (QED) is 0.647. The molecule has 0 saturated carbocycles. The molecule has 2 nitrogen and oxygen atoms in total. The van der Waals surface area contributed by atoms with Crippen LogP contribution in [0.15, 0.2) is 16.3 Å². The van der Waals surface area contributed by atoms with E-state index in [-0.39, 0.29) is 12.0 Å². The van der Waals surface area contributed by atoms with Crippen molar-refractivity contribution in [2.45, 2.75) is 19.5 Å². The molecular formula is C7H11F3N2. The number of alkyl halides is 3. The Balaban J connectivity index is 4.85. The summed E-state index contributed by atoms with van der Waals surface area (Å²) in [5, 5.41) is 0. The summed E-state index contributed by atoms with van der Waals surface area (Å²) in [6.45, 7) is 1.59. The Bertz CT molecular complexity index is 203. The van der Waals surface area contributed by atoms with Gasteiger partial charge in [0.1, 0.15) is 5.70 Å². The van der Waals surface area contributed by atoms with Gasteiger partial charge in [-0.25, -0.2) is 0 Å². The largest absolute Gasteiger partial charge is 0.431 e. The van der Waals surface area contributed by atoms with Crippen molar-refractivity contribution in [3.05, 3.63) is 11.3 Å². The van der Waals surface area contributed by atoms with Crippen LogP contribution in [0.5, 0.6) is 0 Å². The number of nitrogens with two attached hydrogens (primary N) is 1. The third-order valence-corrected chi connectivity index (χ3v) is 1.32. The molecule has 2 N–H and O–H groups in total. The van der Waals surface area contributed by atoms with E-state index in [1.54, 1.807) is 6.92 Å². The highest BCUT2D eigenvalue weighted by Gasteiger charge is 2.33.